The molecule has 4 rings (SSSR count). The quantitative estimate of drug-likeness (QED) is 0.681. The average Bonchev–Trinajstić information content (AvgIpc) is 3.12. The summed E-state index contributed by atoms with van der Waals surface area (Å²) < 4.78 is 1.40. The molecule has 1 aliphatic rings. The van der Waals surface area contributed by atoms with Gasteiger partial charge in [-0.25, -0.2) is 15.0 Å². The second-order valence-electron chi connectivity index (χ2n) is 7.06. The van der Waals surface area contributed by atoms with Gasteiger partial charge in [0.05, 0.1) is 0 Å². The number of hydrogen-bond donors (Lipinski definition) is 1. The summed E-state index contributed by atoms with van der Waals surface area (Å²) in [5.41, 5.74) is 1.80. The van der Waals surface area contributed by atoms with Gasteiger partial charge < -0.3 is 10.2 Å². The van der Waals surface area contributed by atoms with E-state index in [1.54, 1.807) is 12.4 Å². The molecule has 3 aromatic heterocycles. The minimum absolute atomic E-state index is 0.108. The van der Waals surface area contributed by atoms with Crippen LogP contribution >= 0.6 is 11.3 Å². The largest absolute Gasteiger partial charge is 0.357 e. The SMILES string of the molecule is CCCc1cc(=O)n2nc(NC3CCN(c4cc(CC)ncn4)CC3)sc2n1. The summed E-state index contributed by atoms with van der Waals surface area (Å²) in [5, 5.41) is 8.67. The molecule has 8 nitrogen and oxygen atoms in total. The van der Waals surface area contributed by atoms with E-state index in [0.717, 1.165) is 67.5 Å². The zero-order chi connectivity index (χ0) is 19.5. The molecule has 0 amide bonds. The number of nitrogens with zero attached hydrogens (tertiary/aromatic N) is 6. The van der Waals surface area contributed by atoms with Gasteiger partial charge in [-0.2, -0.15) is 4.52 Å². The lowest BCUT2D eigenvalue weighted by molar-refractivity contribution is 0.522. The monoisotopic (exact) mass is 399 g/mol. The fourth-order valence-electron chi connectivity index (χ4n) is 3.48. The molecule has 0 atom stereocenters. The first-order chi connectivity index (χ1) is 13.7. The van der Waals surface area contributed by atoms with Gasteiger partial charge >= 0.3 is 0 Å². The van der Waals surface area contributed by atoms with Crippen LogP contribution in [-0.2, 0) is 12.8 Å². The Hall–Kier alpha value is -2.55. The molecule has 1 aliphatic heterocycles. The highest BCUT2D eigenvalue weighted by molar-refractivity contribution is 7.20. The zero-order valence-corrected chi connectivity index (χ0v) is 17.1. The fraction of sp³-hybridized carbons (Fsp3) is 0.526. The van der Waals surface area contributed by atoms with Crippen LogP contribution in [0, 0.1) is 0 Å². The van der Waals surface area contributed by atoms with Gasteiger partial charge in [-0.3, -0.25) is 4.79 Å². The van der Waals surface area contributed by atoms with Crippen LogP contribution in [-0.4, -0.2) is 43.7 Å². The Kier molecular flexibility index (Phi) is 5.52. The van der Waals surface area contributed by atoms with Crippen LogP contribution in [0.5, 0.6) is 0 Å². The van der Waals surface area contributed by atoms with Crippen LogP contribution in [0.4, 0.5) is 10.9 Å². The molecule has 1 saturated heterocycles. The second kappa shape index (κ2) is 8.22. The summed E-state index contributed by atoms with van der Waals surface area (Å²) >= 11 is 1.44. The lowest BCUT2D eigenvalue weighted by Gasteiger charge is -2.33. The minimum Gasteiger partial charge on any atom is -0.357 e. The van der Waals surface area contributed by atoms with Gasteiger partial charge in [-0.1, -0.05) is 31.6 Å². The van der Waals surface area contributed by atoms with E-state index in [9.17, 15) is 4.79 Å². The van der Waals surface area contributed by atoms with Gasteiger partial charge in [0.2, 0.25) is 10.1 Å². The normalized spacial score (nSPS) is 15.3. The lowest BCUT2D eigenvalue weighted by atomic mass is 10.1. The highest BCUT2D eigenvalue weighted by atomic mass is 32.1. The molecule has 0 saturated carbocycles. The first-order valence-electron chi connectivity index (χ1n) is 9.88. The average molecular weight is 400 g/mol. The Morgan fingerprint density at radius 2 is 2.00 bits per heavy atom. The molecular formula is C19H25N7OS. The molecule has 3 aromatic rings. The molecule has 0 spiro atoms. The van der Waals surface area contributed by atoms with Crippen molar-refractivity contribution < 1.29 is 0 Å². The van der Waals surface area contributed by atoms with Crippen molar-refractivity contribution >= 4 is 27.2 Å². The molecule has 0 aromatic carbocycles. The molecule has 0 radical (unpaired) electrons. The summed E-state index contributed by atoms with van der Waals surface area (Å²) in [7, 11) is 0. The Morgan fingerprint density at radius 1 is 1.18 bits per heavy atom. The third kappa shape index (κ3) is 3.99. The van der Waals surface area contributed by atoms with Gasteiger partial charge in [0.15, 0.2) is 0 Å². The Balaban J connectivity index is 1.42. The zero-order valence-electron chi connectivity index (χ0n) is 16.3. The highest BCUT2D eigenvalue weighted by Crippen LogP contribution is 2.23. The van der Waals surface area contributed by atoms with E-state index in [2.05, 4.69) is 50.2 Å². The first-order valence-corrected chi connectivity index (χ1v) is 10.7. The van der Waals surface area contributed by atoms with Crippen LogP contribution in [0.2, 0.25) is 0 Å². The van der Waals surface area contributed by atoms with Gasteiger partial charge in [0.25, 0.3) is 5.56 Å². The van der Waals surface area contributed by atoms with E-state index >= 15 is 0 Å². The topological polar surface area (TPSA) is 88.3 Å². The molecule has 148 valence electrons. The third-order valence-electron chi connectivity index (χ3n) is 5.02. The van der Waals surface area contributed by atoms with Gasteiger partial charge in [-0.05, 0) is 25.7 Å². The van der Waals surface area contributed by atoms with Crippen molar-refractivity contribution in [2.75, 3.05) is 23.3 Å². The van der Waals surface area contributed by atoms with Crippen LogP contribution in [0.1, 0.15) is 44.5 Å². The van der Waals surface area contributed by atoms with E-state index in [1.165, 1.54) is 15.9 Å². The van der Waals surface area contributed by atoms with Gasteiger partial charge in [-0.15, -0.1) is 5.10 Å². The summed E-state index contributed by atoms with van der Waals surface area (Å²) in [4.78, 5) is 28.5. The summed E-state index contributed by atoms with van der Waals surface area (Å²) in [6.07, 6.45) is 6.33. The summed E-state index contributed by atoms with van der Waals surface area (Å²) in [6.45, 7) is 6.05. The van der Waals surface area contributed by atoms with Crippen LogP contribution in [0.15, 0.2) is 23.3 Å². The highest BCUT2D eigenvalue weighted by Gasteiger charge is 2.21. The van der Waals surface area contributed by atoms with Crippen molar-refractivity contribution in [2.45, 2.75) is 52.0 Å². The van der Waals surface area contributed by atoms with Crippen LogP contribution in [0.3, 0.4) is 0 Å². The summed E-state index contributed by atoms with van der Waals surface area (Å²) in [5.74, 6) is 1.00. The predicted molar refractivity (Wildman–Crippen MR) is 111 cm³/mol. The minimum atomic E-state index is -0.108. The van der Waals surface area contributed by atoms with Crippen molar-refractivity contribution in [2.24, 2.45) is 0 Å². The molecule has 1 fully saturated rings. The van der Waals surface area contributed by atoms with E-state index < -0.39 is 0 Å². The van der Waals surface area contributed by atoms with Crippen molar-refractivity contribution in [1.29, 1.82) is 0 Å². The van der Waals surface area contributed by atoms with E-state index in [-0.39, 0.29) is 5.56 Å². The van der Waals surface area contributed by atoms with Gasteiger partial charge in [0.1, 0.15) is 12.1 Å². The number of rotatable bonds is 6. The number of aryl methyl sites for hydroxylation is 2. The standard InChI is InChI=1S/C19H25N7OS/c1-3-5-15-11-17(27)26-19(23-15)28-18(24-26)22-14-6-8-25(9-7-14)16-10-13(4-2)20-12-21-16/h10-12,14H,3-9H2,1-2H3,(H,22,24). The number of fused-ring (bicyclic) bond motifs is 1. The number of hydrogen-bond acceptors (Lipinski definition) is 8. The van der Waals surface area contributed by atoms with E-state index in [1.807, 2.05) is 0 Å². The van der Waals surface area contributed by atoms with E-state index in [4.69, 9.17) is 0 Å². The molecular weight excluding hydrogens is 374 g/mol. The predicted octanol–water partition coefficient (Wildman–Crippen LogP) is 2.54. The molecule has 0 unspecified atom stereocenters. The van der Waals surface area contributed by atoms with Crippen molar-refractivity contribution in [3.05, 3.63) is 40.2 Å². The molecule has 0 bridgehead atoms. The van der Waals surface area contributed by atoms with Crippen LogP contribution < -0.4 is 15.8 Å². The third-order valence-corrected chi connectivity index (χ3v) is 5.86. The van der Waals surface area contributed by atoms with Crippen LogP contribution in [0.25, 0.3) is 4.96 Å². The number of aromatic nitrogens is 5. The Labute approximate surface area is 167 Å². The molecule has 0 aliphatic carbocycles. The number of nitrogens with one attached hydrogen (secondary N) is 1. The second-order valence-corrected chi connectivity index (χ2v) is 8.02. The van der Waals surface area contributed by atoms with Crippen molar-refractivity contribution in [3.8, 4) is 0 Å². The maximum absolute atomic E-state index is 12.3. The first kappa shape index (κ1) is 18.8. The Bertz CT molecular complexity index is 1010. The maximum Gasteiger partial charge on any atom is 0.275 e. The number of piperidine rings is 1. The molecule has 28 heavy (non-hydrogen) atoms. The maximum atomic E-state index is 12.3. The lowest BCUT2D eigenvalue weighted by Crippen LogP contribution is -2.39. The van der Waals surface area contributed by atoms with Crippen molar-refractivity contribution in [1.82, 2.24) is 24.6 Å². The van der Waals surface area contributed by atoms with E-state index in [0.29, 0.717) is 11.0 Å². The number of anilines is 2. The Morgan fingerprint density at radius 3 is 2.75 bits per heavy atom. The van der Waals surface area contributed by atoms with Gasteiger partial charge in [0, 0.05) is 42.7 Å². The fourth-order valence-corrected chi connectivity index (χ4v) is 4.38. The molecule has 4 heterocycles. The molecule has 1 N–H and O–H groups in total. The smallest absolute Gasteiger partial charge is 0.275 e. The van der Waals surface area contributed by atoms with Crippen molar-refractivity contribution in [3.63, 3.8) is 0 Å². The summed E-state index contributed by atoms with van der Waals surface area (Å²) in [6, 6.07) is 3.99. The molecule has 9 heteroatoms.